The summed E-state index contributed by atoms with van der Waals surface area (Å²) in [6.45, 7) is 1.57. The summed E-state index contributed by atoms with van der Waals surface area (Å²) in [5.41, 5.74) is 0.335. The molecule has 3 aromatic rings. The van der Waals surface area contributed by atoms with Gasteiger partial charge in [0.25, 0.3) is 15.6 Å². The average molecular weight is 363 g/mol. The molecule has 0 spiro atoms. The number of rotatable bonds is 4. The Morgan fingerprint density at radius 3 is 2.79 bits per heavy atom. The van der Waals surface area contributed by atoms with Crippen LogP contribution in [-0.4, -0.2) is 24.3 Å². The van der Waals surface area contributed by atoms with Crippen molar-refractivity contribution in [1.82, 2.24) is 4.98 Å². The van der Waals surface area contributed by atoms with Gasteiger partial charge in [0.2, 0.25) is 0 Å². The van der Waals surface area contributed by atoms with Crippen LogP contribution in [0.15, 0.2) is 56.8 Å². The number of nitrogens with one attached hydrogen (secondary N) is 2. The van der Waals surface area contributed by atoms with Gasteiger partial charge in [-0.2, -0.15) is 0 Å². The van der Waals surface area contributed by atoms with Crippen molar-refractivity contribution in [2.75, 3.05) is 4.72 Å². The van der Waals surface area contributed by atoms with Gasteiger partial charge in [0.05, 0.1) is 10.6 Å². The van der Waals surface area contributed by atoms with Gasteiger partial charge in [-0.15, -0.1) is 11.3 Å². The number of thiophene rings is 1. The minimum atomic E-state index is -3.80. The predicted octanol–water partition coefficient (Wildman–Crippen LogP) is 2.59. The number of aromatic nitrogens is 1. The minimum Gasteiger partial charge on any atom is -0.411 e. The van der Waals surface area contributed by atoms with Crippen LogP contribution in [0.4, 0.5) is 5.69 Å². The Balaban J connectivity index is 1.96. The molecule has 3 N–H and O–H groups in total. The Hall–Kier alpha value is -2.65. The van der Waals surface area contributed by atoms with Crippen molar-refractivity contribution in [1.29, 1.82) is 0 Å². The highest BCUT2D eigenvalue weighted by atomic mass is 32.2. The van der Waals surface area contributed by atoms with Crippen molar-refractivity contribution in [2.45, 2.75) is 11.1 Å². The third-order valence-electron chi connectivity index (χ3n) is 3.38. The lowest BCUT2D eigenvalue weighted by molar-refractivity contribution is 0.319. The molecular weight excluding hydrogens is 350 g/mol. The van der Waals surface area contributed by atoms with Gasteiger partial charge in [-0.1, -0.05) is 11.2 Å². The number of sulfonamides is 1. The SMILES string of the molecule is CC(=NO)c1ccc(S(=O)(=O)Nc2ccc3cc[nH]c(=O)c3c2)s1. The molecule has 2 aromatic heterocycles. The highest BCUT2D eigenvalue weighted by Gasteiger charge is 2.18. The smallest absolute Gasteiger partial charge is 0.271 e. The molecular formula is C15H13N3O4S2. The van der Waals surface area contributed by atoms with Crippen LogP contribution in [-0.2, 0) is 10.0 Å². The summed E-state index contributed by atoms with van der Waals surface area (Å²) >= 11 is 0.989. The van der Waals surface area contributed by atoms with E-state index >= 15 is 0 Å². The van der Waals surface area contributed by atoms with E-state index in [1.54, 1.807) is 31.2 Å². The summed E-state index contributed by atoms with van der Waals surface area (Å²) in [5.74, 6) is 0. The fourth-order valence-corrected chi connectivity index (χ4v) is 4.46. The number of anilines is 1. The molecule has 0 bridgehead atoms. The summed E-state index contributed by atoms with van der Waals surface area (Å²) in [7, 11) is -3.80. The fraction of sp³-hybridized carbons (Fsp3) is 0.0667. The molecule has 9 heteroatoms. The number of benzene rings is 1. The molecule has 0 atom stereocenters. The third-order valence-corrected chi connectivity index (χ3v) is 6.45. The maximum atomic E-state index is 12.5. The van der Waals surface area contributed by atoms with Gasteiger partial charge in [0.15, 0.2) is 0 Å². The lowest BCUT2D eigenvalue weighted by Gasteiger charge is -2.07. The van der Waals surface area contributed by atoms with Crippen LogP contribution in [0.2, 0.25) is 0 Å². The molecule has 24 heavy (non-hydrogen) atoms. The van der Waals surface area contributed by atoms with Gasteiger partial charge in [0, 0.05) is 17.3 Å². The Morgan fingerprint density at radius 2 is 2.04 bits per heavy atom. The standard InChI is InChI=1S/C15H13N3O4S2/c1-9(17-20)13-4-5-14(23-13)24(21,22)18-11-3-2-10-6-7-16-15(19)12(10)8-11/h2-8,18,20H,1H3,(H,16,19). The van der Waals surface area contributed by atoms with Crippen molar-refractivity contribution in [3.63, 3.8) is 0 Å². The molecule has 1 aromatic carbocycles. The predicted molar refractivity (Wildman–Crippen MR) is 93.7 cm³/mol. The normalized spacial score (nSPS) is 12.5. The number of pyridine rings is 1. The van der Waals surface area contributed by atoms with Gasteiger partial charge in [-0.05, 0) is 42.6 Å². The van der Waals surface area contributed by atoms with Crippen LogP contribution < -0.4 is 10.3 Å². The van der Waals surface area contributed by atoms with E-state index in [0.29, 0.717) is 21.7 Å². The topological polar surface area (TPSA) is 112 Å². The van der Waals surface area contributed by atoms with Gasteiger partial charge < -0.3 is 10.2 Å². The zero-order chi connectivity index (χ0) is 17.3. The van der Waals surface area contributed by atoms with Crippen LogP contribution in [0.5, 0.6) is 0 Å². The van der Waals surface area contributed by atoms with E-state index in [0.717, 1.165) is 16.7 Å². The van der Waals surface area contributed by atoms with Crippen LogP contribution in [0.3, 0.4) is 0 Å². The van der Waals surface area contributed by atoms with Crippen LogP contribution in [0.25, 0.3) is 10.8 Å². The first-order chi connectivity index (χ1) is 11.4. The summed E-state index contributed by atoms with van der Waals surface area (Å²) in [4.78, 5) is 14.9. The molecule has 0 amide bonds. The largest absolute Gasteiger partial charge is 0.411 e. The summed E-state index contributed by atoms with van der Waals surface area (Å²) in [6, 6.07) is 9.49. The lowest BCUT2D eigenvalue weighted by Crippen LogP contribution is -2.12. The average Bonchev–Trinajstić information content (AvgIpc) is 3.05. The maximum Gasteiger partial charge on any atom is 0.271 e. The molecule has 0 saturated heterocycles. The lowest BCUT2D eigenvalue weighted by atomic mass is 10.1. The second-order valence-corrected chi connectivity index (χ2v) is 8.01. The Bertz CT molecular complexity index is 1100. The number of hydrogen-bond donors (Lipinski definition) is 3. The molecule has 2 heterocycles. The fourth-order valence-electron chi connectivity index (χ4n) is 2.16. The first-order valence-electron chi connectivity index (χ1n) is 6.84. The molecule has 0 fully saturated rings. The van der Waals surface area contributed by atoms with Crippen molar-refractivity contribution in [3.8, 4) is 0 Å². The zero-order valence-electron chi connectivity index (χ0n) is 12.5. The quantitative estimate of drug-likeness (QED) is 0.376. The van der Waals surface area contributed by atoms with Gasteiger partial charge >= 0.3 is 0 Å². The first kappa shape index (κ1) is 16.2. The number of nitrogens with zero attached hydrogens (tertiary/aromatic N) is 1. The highest BCUT2D eigenvalue weighted by Crippen LogP contribution is 2.25. The van der Waals surface area contributed by atoms with E-state index < -0.39 is 10.0 Å². The van der Waals surface area contributed by atoms with Gasteiger partial charge in [-0.3, -0.25) is 9.52 Å². The minimum absolute atomic E-state index is 0.0857. The van der Waals surface area contributed by atoms with E-state index in [4.69, 9.17) is 5.21 Å². The number of aromatic amines is 1. The number of H-pyrrole nitrogens is 1. The number of fused-ring (bicyclic) bond motifs is 1. The Labute approximate surface area is 141 Å². The van der Waals surface area contributed by atoms with Crippen LogP contribution in [0.1, 0.15) is 11.8 Å². The Kier molecular flexibility index (Phi) is 4.12. The number of oxime groups is 1. The third kappa shape index (κ3) is 3.03. The zero-order valence-corrected chi connectivity index (χ0v) is 14.1. The van der Waals surface area contributed by atoms with Crippen molar-refractivity contribution in [2.24, 2.45) is 5.16 Å². The van der Waals surface area contributed by atoms with Gasteiger partial charge in [0.1, 0.15) is 4.21 Å². The van der Waals surface area contributed by atoms with E-state index in [-0.39, 0.29) is 9.77 Å². The first-order valence-corrected chi connectivity index (χ1v) is 9.14. The maximum absolute atomic E-state index is 12.5. The van der Waals surface area contributed by atoms with E-state index in [1.165, 1.54) is 18.3 Å². The van der Waals surface area contributed by atoms with Crippen molar-refractivity contribution >= 4 is 43.5 Å². The second-order valence-electron chi connectivity index (χ2n) is 5.02. The van der Waals surface area contributed by atoms with Crippen LogP contribution >= 0.6 is 11.3 Å². The second kappa shape index (κ2) is 6.10. The van der Waals surface area contributed by atoms with E-state index in [2.05, 4.69) is 14.9 Å². The molecule has 0 unspecified atom stereocenters. The summed E-state index contributed by atoms with van der Waals surface area (Å²) < 4.78 is 27.5. The molecule has 0 aliphatic rings. The molecule has 0 aliphatic heterocycles. The molecule has 124 valence electrons. The molecule has 0 aliphatic carbocycles. The monoisotopic (exact) mass is 363 g/mol. The molecule has 0 radical (unpaired) electrons. The highest BCUT2D eigenvalue weighted by molar-refractivity contribution is 7.94. The summed E-state index contributed by atoms with van der Waals surface area (Å²) in [6.07, 6.45) is 1.53. The number of hydrogen-bond acceptors (Lipinski definition) is 6. The van der Waals surface area contributed by atoms with Gasteiger partial charge in [-0.25, -0.2) is 8.42 Å². The van der Waals surface area contributed by atoms with E-state index in [1.807, 2.05) is 0 Å². The Morgan fingerprint density at radius 1 is 1.25 bits per heavy atom. The molecule has 0 saturated carbocycles. The van der Waals surface area contributed by atoms with Crippen molar-refractivity contribution in [3.05, 3.63) is 57.8 Å². The van der Waals surface area contributed by atoms with Crippen LogP contribution in [0, 0.1) is 0 Å². The molecule has 3 rings (SSSR count). The molecule has 7 nitrogen and oxygen atoms in total. The summed E-state index contributed by atoms with van der Waals surface area (Å²) in [5, 5.41) is 12.9. The van der Waals surface area contributed by atoms with E-state index in [9.17, 15) is 13.2 Å². The van der Waals surface area contributed by atoms with Crippen molar-refractivity contribution < 1.29 is 13.6 Å².